The molecular formula is C16H23N3S2. The molecule has 1 saturated heterocycles. The summed E-state index contributed by atoms with van der Waals surface area (Å²) in [7, 11) is 2.09. The lowest BCUT2D eigenvalue weighted by atomic mass is 10.1. The Balaban J connectivity index is 1.79. The van der Waals surface area contributed by atoms with Gasteiger partial charge in [0.05, 0.1) is 11.0 Å². The van der Waals surface area contributed by atoms with Crippen LogP contribution in [0.2, 0.25) is 0 Å². The van der Waals surface area contributed by atoms with Crippen molar-refractivity contribution in [3.05, 3.63) is 30.1 Å². The van der Waals surface area contributed by atoms with Crippen molar-refractivity contribution in [1.82, 2.24) is 9.55 Å². The number of thioether (sulfide) groups is 2. The van der Waals surface area contributed by atoms with Crippen LogP contribution in [0.4, 0.5) is 0 Å². The molecule has 2 aromatic rings. The van der Waals surface area contributed by atoms with Gasteiger partial charge < -0.3 is 10.3 Å². The van der Waals surface area contributed by atoms with E-state index in [1.54, 1.807) is 0 Å². The minimum absolute atomic E-state index is 0.184. The summed E-state index contributed by atoms with van der Waals surface area (Å²) in [6, 6.07) is 8.49. The van der Waals surface area contributed by atoms with E-state index in [1.165, 1.54) is 23.4 Å². The number of nitrogens with zero attached hydrogens (tertiary/aromatic N) is 2. The highest BCUT2D eigenvalue weighted by Gasteiger charge is 2.30. The zero-order valence-electron chi connectivity index (χ0n) is 12.7. The Morgan fingerprint density at radius 2 is 2.10 bits per heavy atom. The number of aromatic nitrogens is 2. The van der Waals surface area contributed by atoms with E-state index in [-0.39, 0.29) is 6.04 Å². The highest BCUT2D eigenvalue weighted by atomic mass is 32.2. The van der Waals surface area contributed by atoms with Crippen LogP contribution in [-0.4, -0.2) is 37.6 Å². The van der Waals surface area contributed by atoms with Crippen LogP contribution < -0.4 is 5.73 Å². The fourth-order valence-corrected chi connectivity index (χ4v) is 6.23. The molecule has 1 aliphatic rings. The van der Waals surface area contributed by atoms with Crippen molar-refractivity contribution >= 4 is 34.6 Å². The summed E-state index contributed by atoms with van der Waals surface area (Å²) in [5.74, 6) is 3.59. The van der Waals surface area contributed by atoms with Gasteiger partial charge in [-0.15, -0.1) is 0 Å². The van der Waals surface area contributed by atoms with Gasteiger partial charge in [-0.2, -0.15) is 23.5 Å². The summed E-state index contributed by atoms with van der Waals surface area (Å²) in [6.45, 7) is 2.28. The molecule has 3 unspecified atom stereocenters. The lowest BCUT2D eigenvalue weighted by molar-refractivity contribution is 0.575. The first kappa shape index (κ1) is 15.3. The molecule has 114 valence electrons. The second-order valence-corrected chi connectivity index (χ2v) is 8.23. The molecular weight excluding hydrogens is 298 g/mol. The van der Waals surface area contributed by atoms with Crippen LogP contribution in [0.25, 0.3) is 11.0 Å². The zero-order chi connectivity index (χ0) is 14.8. The topological polar surface area (TPSA) is 43.8 Å². The van der Waals surface area contributed by atoms with Crippen molar-refractivity contribution in [2.24, 2.45) is 12.8 Å². The van der Waals surface area contributed by atoms with Gasteiger partial charge in [0.2, 0.25) is 0 Å². The van der Waals surface area contributed by atoms with Gasteiger partial charge in [-0.25, -0.2) is 4.98 Å². The Bertz CT molecular complexity index is 611. The maximum Gasteiger partial charge on any atom is 0.111 e. The molecule has 21 heavy (non-hydrogen) atoms. The Morgan fingerprint density at radius 1 is 1.33 bits per heavy atom. The van der Waals surface area contributed by atoms with E-state index >= 15 is 0 Å². The number of aryl methyl sites for hydroxylation is 1. The molecule has 1 fully saturated rings. The predicted octanol–water partition coefficient (Wildman–Crippen LogP) is 3.07. The Hall–Kier alpha value is -0.650. The average Bonchev–Trinajstić information content (AvgIpc) is 2.84. The molecule has 2 N–H and O–H groups in total. The highest BCUT2D eigenvalue weighted by molar-refractivity contribution is 8.07. The number of rotatable bonds is 4. The third kappa shape index (κ3) is 3.10. The van der Waals surface area contributed by atoms with Gasteiger partial charge in [-0.3, -0.25) is 0 Å². The van der Waals surface area contributed by atoms with Crippen molar-refractivity contribution < 1.29 is 0 Å². The molecule has 3 rings (SSSR count). The van der Waals surface area contributed by atoms with E-state index in [0.29, 0.717) is 10.5 Å². The lowest BCUT2D eigenvalue weighted by Gasteiger charge is -2.34. The van der Waals surface area contributed by atoms with E-state index in [9.17, 15) is 0 Å². The molecule has 0 spiro atoms. The Kier molecular flexibility index (Phi) is 4.82. The first-order chi connectivity index (χ1) is 10.2. The minimum atomic E-state index is 0.184. The van der Waals surface area contributed by atoms with Crippen LogP contribution in [0.5, 0.6) is 0 Å². The van der Waals surface area contributed by atoms with E-state index < -0.39 is 0 Å². The van der Waals surface area contributed by atoms with Gasteiger partial charge in [0, 0.05) is 41.5 Å². The Labute approximate surface area is 135 Å². The molecule has 0 bridgehead atoms. The van der Waals surface area contributed by atoms with Crippen molar-refractivity contribution in [3.63, 3.8) is 0 Å². The maximum atomic E-state index is 6.55. The average molecular weight is 322 g/mol. The molecule has 0 radical (unpaired) electrons. The number of hydrogen-bond acceptors (Lipinski definition) is 4. The van der Waals surface area contributed by atoms with Crippen molar-refractivity contribution in [3.8, 4) is 0 Å². The molecule has 5 heteroatoms. The van der Waals surface area contributed by atoms with E-state index in [1.807, 2.05) is 6.07 Å². The van der Waals surface area contributed by atoms with Crippen LogP contribution in [0, 0.1) is 0 Å². The normalized spacial score (nSPS) is 24.3. The van der Waals surface area contributed by atoms with E-state index in [2.05, 4.69) is 60.3 Å². The first-order valence-corrected chi connectivity index (χ1v) is 9.69. The smallest absolute Gasteiger partial charge is 0.111 e. The maximum absolute atomic E-state index is 6.55. The third-order valence-electron chi connectivity index (χ3n) is 4.21. The summed E-state index contributed by atoms with van der Waals surface area (Å²) in [6.07, 6.45) is 2.07. The van der Waals surface area contributed by atoms with E-state index in [0.717, 1.165) is 17.8 Å². The molecule has 0 amide bonds. The summed E-state index contributed by atoms with van der Waals surface area (Å²) < 4.78 is 2.19. The number of para-hydroxylation sites is 2. The van der Waals surface area contributed by atoms with Gasteiger partial charge in [0.25, 0.3) is 0 Å². The van der Waals surface area contributed by atoms with Crippen LogP contribution >= 0.6 is 23.5 Å². The van der Waals surface area contributed by atoms with Crippen molar-refractivity contribution in [2.45, 2.75) is 36.3 Å². The first-order valence-electron chi connectivity index (χ1n) is 7.59. The van der Waals surface area contributed by atoms with Crippen molar-refractivity contribution in [1.29, 1.82) is 0 Å². The second-order valence-electron chi connectivity index (χ2n) is 5.60. The standard InChI is InChI=1S/C16H23N3S2/c1-3-14-16(21-9-8-20-14)11(17)10-15-18-12-6-4-5-7-13(12)19(15)2/h4-7,11,14,16H,3,8-10,17H2,1-2H3. The van der Waals surface area contributed by atoms with Gasteiger partial charge in [-0.05, 0) is 18.6 Å². The molecule has 0 aliphatic carbocycles. The summed E-state index contributed by atoms with van der Waals surface area (Å²) in [4.78, 5) is 4.76. The monoisotopic (exact) mass is 321 g/mol. The van der Waals surface area contributed by atoms with Crippen LogP contribution in [0.3, 0.4) is 0 Å². The lowest BCUT2D eigenvalue weighted by Crippen LogP contribution is -2.43. The van der Waals surface area contributed by atoms with Crippen molar-refractivity contribution in [2.75, 3.05) is 11.5 Å². The SMILES string of the molecule is CCC1SCCSC1C(N)Cc1nc2ccccc2n1C. The van der Waals surface area contributed by atoms with E-state index in [4.69, 9.17) is 10.7 Å². The van der Waals surface area contributed by atoms with Gasteiger partial charge in [-0.1, -0.05) is 19.1 Å². The fourth-order valence-electron chi connectivity index (χ4n) is 3.04. The molecule has 1 aromatic carbocycles. The minimum Gasteiger partial charge on any atom is -0.331 e. The predicted molar refractivity (Wildman–Crippen MR) is 95.2 cm³/mol. The molecule has 0 saturated carbocycles. The van der Waals surface area contributed by atoms with Crippen LogP contribution in [0.15, 0.2) is 24.3 Å². The molecule has 1 aliphatic heterocycles. The quantitative estimate of drug-likeness (QED) is 0.940. The number of imidazole rings is 1. The van der Waals surface area contributed by atoms with Gasteiger partial charge in [0.1, 0.15) is 5.82 Å². The van der Waals surface area contributed by atoms with Gasteiger partial charge >= 0.3 is 0 Å². The molecule has 2 heterocycles. The van der Waals surface area contributed by atoms with Crippen LogP contribution in [-0.2, 0) is 13.5 Å². The largest absolute Gasteiger partial charge is 0.331 e. The zero-order valence-corrected chi connectivity index (χ0v) is 14.3. The van der Waals surface area contributed by atoms with Crippen LogP contribution in [0.1, 0.15) is 19.2 Å². The summed E-state index contributed by atoms with van der Waals surface area (Å²) in [5, 5.41) is 1.24. The number of fused-ring (bicyclic) bond motifs is 1. The molecule has 3 atom stereocenters. The van der Waals surface area contributed by atoms with Gasteiger partial charge in [0.15, 0.2) is 0 Å². The molecule has 3 nitrogen and oxygen atoms in total. The second kappa shape index (κ2) is 6.63. The number of hydrogen-bond donors (Lipinski definition) is 1. The summed E-state index contributed by atoms with van der Waals surface area (Å²) >= 11 is 4.14. The third-order valence-corrected chi connectivity index (χ3v) is 7.64. The number of nitrogens with two attached hydrogens (primary N) is 1. The molecule has 1 aromatic heterocycles. The fraction of sp³-hybridized carbons (Fsp3) is 0.562. The highest BCUT2D eigenvalue weighted by Crippen LogP contribution is 2.35. The number of benzene rings is 1. The Morgan fingerprint density at radius 3 is 2.86 bits per heavy atom. The summed E-state index contributed by atoms with van der Waals surface area (Å²) in [5.41, 5.74) is 8.81.